The van der Waals surface area contributed by atoms with Gasteiger partial charge in [-0.3, -0.25) is 4.98 Å². The Kier molecular flexibility index (Phi) is 4.45. The molecule has 20 heavy (non-hydrogen) atoms. The van der Waals surface area contributed by atoms with Crippen molar-refractivity contribution in [2.45, 2.75) is 20.4 Å². The first kappa shape index (κ1) is 14.2. The zero-order chi connectivity index (χ0) is 14.5. The molecule has 106 valence electrons. The average Bonchev–Trinajstić information content (AvgIpc) is 2.46. The van der Waals surface area contributed by atoms with Crippen LogP contribution in [0.3, 0.4) is 0 Å². The molecule has 0 atom stereocenters. The van der Waals surface area contributed by atoms with Crippen molar-refractivity contribution in [3.8, 4) is 5.75 Å². The third-order valence-corrected chi connectivity index (χ3v) is 3.26. The highest BCUT2D eigenvalue weighted by Crippen LogP contribution is 2.29. The Morgan fingerprint density at radius 3 is 2.70 bits per heavy atom. The molecule has 0 spiro atoms. The van der Waals surface area contributed by atoms with E-state index < -0.39 is 0 Å². The lowest BCUT2D eigenvalue weighted by Gasteiger charge is -2.24. The first-order chi connectivity index (χ1) is 9.63. The van der Waals surface area contributed by atoms with E-state index in [1.54, 1.807) is 7.11 Å². The van der Waals surface area contributed by atoms with Gasteiger partial charge in [0.25, 0.3) is 0 Å². The summed E-state index contributed by atoms with van der Waals surface area (Å²) in [5, 5.41) is 0. The van der Waals surface area contributed by atoms with Crippen molar-refractivity contribution in [1.29, 1.82) is 0 Å². The van der Waals surface area contributed by atoms with E-state index in [9.17, 15) is 0 Å². The maximum Gasteiger partial charge on any atom is 0.121 e. The summed E-state index contributed by atoms with van der Waals surface area (Å²) in [7, 11) is 1.66. The molecule has 4 nitrogen and oxygen atoms in total. The highest BCUT2D eigenvalue weighted by molar-refractivity contribution is 5.69. The fraction of sp³-hybridized carbons (Fsp3) is 0.312. The van der Waals surface area contributed by atoms with Gasteiger partial charge in [-0.2, -0.15) is 0 Å². The predicted octanol–water partition coefficient (Wildman–Crippen LogP) is 3.01. The minimum atomic E-state index is 0.732. The SMILES string of the molecule is CCN(Cc1cccc(C)n1)c1cc(OC)ccc1N. The van der Waals surface area contributed by atoms with Crippen LogP contribution < -0.4 is 15.4 Å². The zero-order valence-corrected chi connectivity index (χ0v) is 12.3. The van der Waals surface area contributed by atoms with E-state index in [2.05, 4.69) is 16.8 Å². The van der Waals surface area contributed by atoms with Gasteiger partial charge in [0.15, 0.2) is 0 Å². The standard InChI is InChI=1S/C16H21N3O/c1-4-19(11-13-7-5-6-12(2)18-13)16-10-14(20-3)8-9-15(16)17/h5-10H,4,11,17H2,1-3H3. The van der Waals surface area contributed by atoms with Crippen LogP contribution in [0.4, 0.5) is 11.4 Å². The Hall–Kier alpha value is -2.23. The minimum Gasteiger partial charge on any atom is -0.497 e. The summed E-state index contributed by atoms with van der Waals surface area (Å²) >= 11 is 0. The molecule has 1 aromatic carbocycles. The Morgan fingerprint density at radius 1 is 1.25 bits per heavy atom. The van der Waals surface area contributed by atoms with Crippen molar-refractivity contribution >= 4 is 11.4 Å². The first-order valence-electron chi connectivity index (χ1n) is 6.75. The molecule has 4 heteroatoms. The van der Waals surface area contributed by atoms with Gasteiger partial charge in [0, 0.05) is 18.3 Å². The third-order valence-electron chi connectivity index (χ3n) is 3.26. The molecule has 0 aliphatic carbocycles. The summed E-state index contributed by atoms with van der Waals surface area (Å²) in [6, 6.07) is 11.8. The van der Waals surface area contributed by atoms with Crippen molar-refractivity contribution in [1.82, 2.24) is 4.98 Å². The summed E-state index contributed by atoms with van der Waals surface area (Å²) in [4.78, 5) is 6.74. The fourth-order valence-electron chi connectivity index (χ4n) is 2.17. The number of methoxy groups -OCH3 is 1. The molecular weight excluding hydrogens is 250 g/mol. The van der Waals surface area contributed by atoms with Crippen LogP contribution in [0, 0.1) is 6.92 Å². The molecule has 2 rings (SSSR count). The highest BCUT2D eigenvalue weighted by Gasteiger charge is 2.11. The second kappa shape index (κ2) is 6.28. The Morgan fingerprint density at radius 2 is 2.05 bits per heavy atom. The Bertz CT molecular complexity index is 584. The summed E-state index contributed by atoms with van der Waals surface area (Å²) < 4.78 is 5.28. The van der Waals surface area contributed by atoms with Gasteiger partial charge in [-0.1, -0.05) is 6.07 Å². The van der Waals surface area contributed by atoms with E-state index in [0.29, 0.717) is 0 Å². The summed E-state index contributed by atoms with van der Waals surface area (Å²) in [5.74, 6) is 0.810. The van der Waals surface area contributed by atoms with Gasteiger partial charge in [0.1, 0.15) is 5.75 Å². The number of pyridine rings is 1. The van der Waals surface area contributed by atoms with Crippen LogP contribution in [0.2, 0.25) is 0 Å². The largest absolute Gasteiger partial charge is 0.497 e. The minimum absolute atomic E-state index is 0.732. The van der Waals surface area contributed by atoms with Gasteiger partial charge in [-0.15, -0.1) is 0 Å². The van der Waals surface area contributed by atoms with Crippen molar-refractivity contribution in [3.05, 3.63) is 47.8 Å². The number of nitrogens with zero attached hydrogens (tertiary/aromatic N) is 2. The molecule has 1 aromatic heterocycles. The van der Waals surface area contributed by atoms with Crippen LogP contribution in [0.1, 0.15) is 18.3 Å². The van der Waals surface area contributed by atoms with Crippen LogP contribution in [-0.4, -0.2) is 18.6 Å². The maximum absolute atomic E-state index is 6.09. The van der Waals surface area contributed by atoms with Gasteiger partial charge in [0.2, 0.25) is 0 Å². The van der Waals surface area contributed by atoms with Gasteiger partial charge in [0.05, 0.1) is 30.7 Å². The normalized spacial score (nSPS) is 10.3. The van der Waals surface area contributed by atoms with E-state index in [1.165, 1.54) is 0 Å². The smallest absolute Gasteiger partial charge is 0.121 e. The van der Waals surface area contributed by atoms with Gasteiger partial charge in [-0.25, -0.2) is 0 Å². The lowest BCUT2D eigenvalue weighted by Crippen LogP contribution is -2.23. The second-order valence-electron chi connectivity index (χ2n) is 4.71. The number of benzene rings is 1. The molecule has 1 heterocycles. The predicted molar refractivity (Wildman–Crippen MR) is 83.1 cm³/mol. The molecule has 0 saturated heterocycles. The molecule has 0 aliphatic heterocycles. The van der Waals surface area contributed by atoms with Crippen LogP contribution in [-0.2, 0) is 6.54 Å². The average molecular weight is 271 g/mol. The summed E-state index contributed by atoms with van der Waals surface area (Å²) in [6.45, 7) is 5.69. The van der Waals surface area contributed by atoms with Crippen molar-refractivity contribution in [3.63, 3.8) is 0 Å². The van der Waals surface area contributed by atoms with Crippen molar-refractivity contribution in [2.24, 2.45) is 0 Å². The van der Waals surface area contributed by atoms with E-state index in [0.717, 1.165) is 41.6 Å². The number of anilines is 2. The highest BCUT2D eigenvalue weighted by atomic mass is 16.5. The number of rotatable bonds is 5. The molecule has 0 fully saturated rings. The molecule has 0 aliphatic rings. The second-order valence-corrected chi connectivity index (χ2v) is 4.71. The monoisotopic (exact) mass is 271 g/mol. The molecule has 0 unspecified atom stereocenters. The van der Waals surface area contributed by atoms with Crippen LogP contribution >= 0.6 is 0 Å². The molecule has 2 N–H and O–H groups in total. The topological polar surface area (TPSA) is 51.4 Å². The number of nitrogens with two attached hydrogens (primary N) is 1. The van der Waals surface area contributed by atoms with E-state index in [4.69, 9.17) is 10.5 Å². The molecule has 0 saturated carbocycles. The molecular formula is C16H21N3O. The van der Waals surface area contributed by atoms with E-state index >= 15 is 0 Å². The number of ether oxygens (including phenoxy) is 1. The Labute approximate surface area is 120 Å². The maximum atomic E-state index is 6.09. The van der Waals surface area contributed by atoms with E-state index in [-0.39, 0.29) is 0 Å². The lowest BCUT2D eigenvalue weighted by atomic mass is 10.2. The number of hydrogen-bond acceptors (Lipinski definition) is 4. The first-order valence-corrected chi connectivity index (χ1v) is 6.75. The summed E-state index contributed by atoms with van der Waals surface area (Å²) in [6.07, 6.45) is 0. The third kappa shape index (κ3) is 3.20. The molecule has 0 bridgehead atoms. The van der Waals surface area contributed by atoms with Gasteiger partial charge in [-0.05, 0) is 38.1 Å². The van der Waals surface area contributed by atoms with Crippen LogP contribution in [0.25, 0.3) is 0 Å². The molecule has 0 radical (unpaired) electrons. The Balaban J connectivity index is 2.28. The summed E-state index contributed by atoms with van der Waals surface area (Å²) in [5.41, 5.74) is 9.88. The van der Waals surface area contributed by atoms with Crippen LogP contribution in [0.15, 0.2) is 36.4 Å². The van der Waals surface area contributed by atoms with Crippen molar-refractivity contribution < 1.29 is 4.74 Å². The number of hydrogen-bond donors (Lipinski definition) is 1. The lowest BCUT2D eigenvalue weighted by molar-refractivity contribution is 0.415. The number of aryl methyl sites for hydroxylation is 1. The number of aromatic nitrogens is 1. The van der Waals surface area contributed by atoms with E-state index in [1.807, 2.05) is 43.3 Å². The van der Waals surface area contributed by atoms with Gasteiger partial charge >= 0.3 is 0 Å². The van der Waals surface area contributed by atoms with Crippen molar-refractivity contribution in [2.75, 3.05) is 24.3 Å². The molecule has 0 amide bonds. The fourth-order valence-corrected chi connectivity index (χ4v) is 2.17. The zero-order valence-electron chi connectivity index (χ0n) is 12.3. The van der Waals surface area contributed by atoms with Crippen LogP contribution in [0.5, 0.6) is 5.75 Å². The molecule has 2 aromatic rings. The number of nitrogen functional groups attached to an aromatic ring is 1. The quantitative estimate of drug-likeness (QED) is 0.849. The van der Waals surface area contributed by atoms with Gasteiger partial charge < -0.3 is 15.4 Å².